The largest absolute Gasteiger partial charge is 0.339 e. The van der Waals surface area contributed by atoms with Crippen LogP contribution in [0.3, 0.4) is 0 Å². The molecule has 2 aromatic heterocycles. The van der Waals surface area contributed by atoms with Crippen LogP contribution in [0.2, 0.25) is 0 Å². The molecule has 0 unspecified atom stereocenters. The SMILES string of the molecule is CCCn1c(=O)cc[nH]c1=S.Cn1c(=O)cc[nH]c1=S. The zero-order valence-corrected chi connectivity index (χ0v) is 12.9. The van der Waals surface area contributed by atoms with Crippen LogP contribution in [-0.2, 0) is 13.6 Å². The zero-order chi connectivity index (χ0) is 15.1. The predicted octanol–water partition coefficient (Wildman–Crippen LogP) is 1.76. The van der Waals surface area contributed by atoms with Crippen molar-refractivity contribution in [2.24, 2.45) is 7.05 Å². The van der Waals surface area contributed by atoms with Crippen molar-refractivity contribution in [1.29, 1.82) is 0 Å². The summed E-state index contributed by atoms with van der Waals surface area (Å²) in [5.74, 6) is 0. The summed E-state index contributed by atoms with van der Waals surface area (Å²) in [6.07, 6.45) is 4.02. The van der Waals surface area contributed by atoms with E-state index in [-0.39, 0.29) is 11.1 Å². The van der Waals surface area contributed by atoms with Gasteiger partial charge < -0.3 is 9.97 Å². The van der Waals surface area contributed by atoms with Gasteiger partial charge in [-0.1, -0.05) is 6.92 Å². The first-order valence-electron chi connectivity index (χ1n) is 6.00. The molecule has 0 aromatic carbocycles. The number of nitrogens with zero attached hydrogens (tertiary/aromatic N) is 2. The van der Waals surface area contributed by atoms with E-state index >= 15 is 0 Å². The maximum Gasteiger partial charge on any atom is 0.254 e. The Morgan fingerprint density at radius 2 is 1.60 bits per heavy atom. The molecule has 0 aliphatic rings. The lowest BCUT2D eigenvalue weighted by atomic mass is 10.5. The van der Waals surface area contributed by atoms with Crippen molar-refractivity contribution in [2.45, 2.75) is 19.9 Å². The van der Waals surface area contributed by atoms with Crippen LogP contribution in [0.5, 0.6) is 0 Å². The van der Waals surface area contributed by atoms with Crippen molar-refractivity contribution in [3.63, 3.8) is 0 Å². The molecule has 6 nitrogen and oxygen atoms in total. The van der Waals surface area contributed by atoms with E-state index in [1.807, 2.05) is 6.92 Å². The fourth-order valence-electron chi connectivity index (χ4n) is 1.38. The minimum Gasteiger partial charge on any atom is -0.339 e. The minimum atomic E-state index is -0.0845. The van der Waals surface area contributed by atoms with Crippen LogP contribution in [0, 0.1) is 9.54 Å². The Labute approximate surface area is 125 Å². The number of rotatable bonds is 2. The van der Waals surface area contributed by atoms with Gasteiger partial charge in [0.2, 0.25) is 0 Å². The monoisotopic (exact) mass is 312 g/mol. The molecular weight excluding hydrogens is 296 g/mol. The molecule has 0 aliphatic carbocycles. The molecule has 2 N–H and O–H groups in total. The van der Waals surface area contributed by atoms with Crippen LogP contribution in [0.1, 0.15) is 13.3 Å². The van der Waals surface area contributed by atoms with Crippen molar-refractivity contribution < 1.29 is 0 Å². The quantitative estimate of drug-likeness (QED) is 0.829. The van der Waals surface area contributed by atoms with E-state index in [4.69, 9.17) is 24.4 Å². The molecule has 20 heavy (non-hydrogen) atoms. The third kappa shape index (κ3) is 4.39. The smallest absolute Gasteiger partial charge is 0.254 e. The fourth-order valence-corrected chi connectivity index (χ4v) is 1.79. The highest BCUT2D eigenvalue weighted by atomic mass is 32.1. The standard InChI is InChI=1S/C7H10N2OS.C5H6N2OS/c1-2-5-9-6(10)3-4-8-7(9)11;1-7-4(8)2-3-6-5(7)9/h3-4H,2,5H2,1H3,(H,8,11);2-3H,1H3,(H,6,9). The third-order valence-corrected chi connectivity index (χ3v) is 3.19. The van der Waals surface area contributed by atoms with Crippen LogP contribution < -0.4 is 11.1 Å². The van der Waals surface area contributed by atoms with Gasteiger partial charge in [0.05, 0.1) is 0 Å². The Morgan fingerprint density at radius 1 is 1.05 bits per heavy atom. The van der Waals surface area contributed by atoms with Crippen LogP contribution in [0.25, 0.3) is 0 Å². The molecule has 0 bridgehead atoms. The Bertz CT molecular complexity index is 729. The molecule has 0 radical (unpaired) electrons. The number of hydrogen-bond donors (Lipinski definition) is 2. The van der Waals surface area contributed by atoms with E-state index in [0.717, 1.165) is 6.42 Å². The molecule has 0 amide bonds. The van der Waals surface area contributed by atoms with Crippen LogP contribution >= 0.6 is 24.4 Å². The summed E-state index contributed by atoms with van der Waals surface area (Å²) in [6.45, 7) is 2.70. The van der Waals surface area contributed by atoms with Gasteiger partial charge in [0.25, 0.3) is 11.1 Å². The van der Waals surface area contributed by atoms with E-state index in [1.165, 1.54) is 22.9 Å². The average molecular weight is 312 g/mol. The lowest BCUT2D eigenvalue weighted by Crippen LogP contribution is -2.19. The van der Waals surface area contributed by atoms with E-state index in [9.17, 15) is 9.59 Å². The summed E-state index contributed by atoms with van der Waals surface area (Å²) in [6, 6.07) is 2.90. The number of nitrogens with one attached hydrogen (secondary N) is 2. The van der Waals surface area contributed by atoms with Gasteiger partial charge >= 0.3 is 0 Å². The number of hydrogen-bond acceptors (Lipinski definition) is 4. The first kappa shape index (κ1) is 16.3. The normalized spacial score (nSPS) is 9.70. The molecule has 108 valence electrons. The zero-order valence-electron chi connectivity index (χ0n) is 11.3. The van der Waals surface area contributed by atoms with Gasteiger partial charge in [-0.3, -0.25) is 18.7 Å². The molecule has 0 atom stereocenters. The van der Waals surface area contributed by atoms with Gasteiger partial charge in [-0.2, -0.15) is 0 Å². The second-order valence-electron chi connectivity index (χ2n) is 3.95. The van der Waals surface area contributed by atoms with E-state index < -0.39 is 0 Å². The van der Waals surface area contributed by atoms with Crippen LogP contribution in [-0.4, -0.2) is 19.1 Å². The molecule has 2 rings (SSSR count). The topological polar surface area (TPSA) is 75.6 Å². The highest BCUT2D eigenvalue weighted by Crippen LogP contribution is 1.86. The second kappa shape index (κ2) is 7.71. The van der Waals surface area contributed by atoms with E-state index in [2.05, 4.69) is 9.97 Å². The Balaban J connectivity index is 0.000000204. The van der Waals surface area contributed by atoms with E-state index in [1.54, 1.807) is 17.8 Å². The first-order valence-corrected chi connectivity index (χ1v) is 6.82. The highest BCUT2D eigenvalue weighted by Gasteiger charge is 1.93. The minimum absolute atomic E-state index is 0.0319. The van der Waals surface area contributed by atoms with Gasteiger partial charge in [0.15, 0.2) is 9.54 Å². The average Bonchev–Trinajstić information content (AvgIpc) is 2.41. The fraction of sp³-hybridized carbons (Fsp3) is 0.333. The molecule has 2 aromatic rings. The third-order valence-electron chi connectivity index (χ3n) is 2.46. The van der Waals surface area contributed by atoms with Crippen LogP contribution in [0.15, 0.2) is 34.1 Å². The Kier molecular flexibility index (Phi) is 6.26. The summed E-state index contributed by atoms with van der Waals surface area (Å²) < 4.78 is 3.87. The second-order valence-corrected chi connectivity index (χ2v) is 4.73. The Morgan fingerprint density at radius 3 is 2.05 bits per heavy atom. The van der Waals surface area contributed by atoms with Crippen molar-refractivity contribution >= 4 is 24.4 Å². The van der Waals surface area contributed by atoms with Gasteiger partial charge in [0, 0.05) is 38.1 Å². The highest BCUT2D eigenvalue weighted by molar-refractivity contribution is 7.71. The molecule has 2 heterocycles. The molecule has 0 spiro atoms. The maximum atomic E-state index is 11.1. The van der Waals surface area contributed by atoms with E-state index in [0.29, 0.717) is 16.1 Å². The molecule has 0 fully saturated rings. The van der Waals surface area contributed by atoms with Crippen LogP contribution in [0.4, 0.5) is 0 Å². The lowest BCUT2D eigenvalue weighted by Gasteiger charge is -2.00. The molecule has 0 saturated heterocycles. The Hall–Kier alpha value is -1.80. The van der Waals surface area contributed by atoms with Crippen molar-refractivity contribution in [2.75, 3.05) is 0 Å². The van der Waals surface area contributed by atoms with Crippen molar-refractivity contribution in [1.82, 2.24) is 19.1 Å². The molecule has 8 heteroatoms. The van der Waals surface area contributed by atoms with Crippen molar-refractivity contribution in [3.8, 4) is 0 Å². The summed E-state index contributed by atoms with van der Waals surface area (Å²) in [5, 5.41) is 0. The number of H-pyrrole nitrogens is 2. The van der Waals surface area contributed by atoms with Gasteiger partial charge in [-0.15, -0.1) is 0 Å². The molecule has 0 saturated carbocycles. The lowest BCUT2D eigenvalue weighted by molar-refractivity contribution is 0.630. The van der Waals surface area contributed by atoms with Gasteiger partial charge in [0.1, 0.15) is 0 Å². The van der Waals surface area contributed by atoms with Gasteiger partial charge in [-0.05, 0) is 30.9 Å². The van der Waals surface area contributed by atoms with Crippen molar-refractivity contribution in [3.05, 3.63) is 54.8 Å². The molecule has 0 aliphatic heterocycles. The summed E-state index contributed by atoms with van der Waals surface area (Å²) in [5.41, 5.74) is -0.116. The number of aromatic nitrogens is 4. The predicted molar refractivity (Wildman–Crippen MR) is 83.0 cm³/mol. The number of aromatic amines is 2. The summed E-state index contributed by atoms with van der Waals surface area (Å²) >= 11 is 9.66. The van der Waals surface area contributed by atoms with Gasteiger partial charge in [-0.25, -0.2) is 0 Å². The summed E-state index contributed by atoms with van der Waals surface area (Å²) in [7, 11) is 1.63. The maximum absolute atomic E-state index is 11.1. The first-order chi connectivity index (χ1) is 9.47. The summed E-state index contributed by atoms with van der Waals surface area (Å²) in [4.78, 5) is 27.3. The molecular formula is C12H16N4O2S2.